The van der Waals surface area contributed by atoms with Crippen molar-refractivity contribution in [3.63, 3.8) is 0 Å². The molecule has 3 N–H and O–H groups in total. The number of nitrogens with zero attached hydrogens (tertiary/aromatic N) is 1. The molecule has 1 fully saturated rings. The van der Waals surface area contributed by atoms with Crippen LogP contribution < -0.4 is 11.1 Å². The average molecular weight is 247 g/mol. The molecule has 0 radical (unpaired) electrons. The van der Waals surface area contributed by atoms with E-state index in [-0.39, 0.29) is 0 Å². The van der Waals surface area contributed by atoms with Crippen LogP contribution in [0.2, 0.25) is 0 Å². The molecule has 0 spiro atoms. The summed E-state index contributed by atoms with van der Waals surface area (Å²) in [6.07, 6.45) is 6.86. The first-order valence-electron chi connectivity index (χ1n) is 6.66. The van der Waals surface area contributed by atoms with E-state index in [1.54, 1.807) is 6.07 Å². The lowest BCUT2D eigenvalue weighted by atomic mass is 9.80. The van der Waals surface area contributed by atoms with Gasteiger partial charge in [0.05, 0.1) is 5.56 Å². The molecular weight excluding hydrogens is 226 g/mol. The molecule has 2 atom stereocenters. The molecule has 1 aromatic rings. The molecule has 0 aromatic carbocycles. The molecular formula is C14H21N3O. The lowest BCUT2D eigenvalue weighted by molar-refractivity contribution is 0.1000. The van der Waals surface area contributed by atoms with E-state index in [2.05, 4.69) is 17.2 Å². The number of rotatable bonds is 4. The molecule has 4 heteroatoms. The van der Waals surface area contributed by atoms with Crippen LogP contribution in [0.3, 0.4) is 0 Å². The maximum Gasteiger partial charge on any atom is 0.250 e. The van der Waals surface area contributed by atoms with Crippen molar-refractivity contribution in [2.45, 2.75) is 32.6 Å². The van der Waals surface area contributed by atoms with Crippen molar-refractivity contribution in [2.24, 2.45) is 17.6 Å². The average Bonchev–Trinajstić information content (AvgIpc) is 2.38. The first kappa shape index (κ1) is 12.9. The van der Waals surface area contributed by atoms with E-state index in [4.69, 9.17) is 5.73 Å². The first-order valence-corrected chi connectivity index (χ1v) is 6.66. The third-order valence-corrected chi connectivity index (χ3v) is 3.88. The SMILES string of the molecule is CC1CCCCC1CNc1ccc(C(N)=O)cn1. The Labute approximate surface area is 108 Å². The van der Waals surface area contributed by atoms with Gasteiger partial charge in [0, 0.05) is 12.7 Å². The highest BCUT2D eigenvalue weighted by atomic mass is 16.1. The minimum absolute atomic E-state index is 0.435. The Hall–Kier alpha value is -1.58. The van der Waals surface area contributed by atoms with Crippen molar-refractivity contribution in [1.29, 1.82) is 0 Å². The van der Waals surface area contributed by atoms with Crippen LogP contribution in [0.5, 0.6) is 0 Å². The molecule has 1 saturated carbocycles. The summed E-state index contributed by atoms with van der Waals surface area (Å²) in [6.45, 7) is 3.29. The number of pyridine rings is 1. The summed E-state index contributed by atoms with van der Waals surface area (Å²) in [7, 11) is 0. The number of nitrogens with one attached hydrogen (secondary N) is 1. The summed E-state index contributed by atoms with van der Waals surface area (Å²) in [5, 5.41) is 3.35. The van der Waals surface area contributed by atoms with Crippen LogP contribution in [0.15, 0.2) is 18.3 Å². The van der Waals surface area contributed by atoms with Crippen LogP contribution in [0.1, 0.15) is 43.0 Å². The van der Waals surface area contributed by atoms with Crippen LogP contribution in [0.4, 0.5) is 5.82 Å². The molecule has 2 rings (SSSR count). The Kier molecular flexibility index (Phi) is 4.18. The number of hydrogen-bond acceptors (Lipinski definition) is 3. The zero-order chi connectivity index (χ0) is 13.0. The molecule has 1 aliphatic carbocycles. The van der Waals surface area contributed by atoms with Gasteiger partial charge in [-0.2, -0.15) is 0 Å². The second-order valence-corrected chi connectivity index (χ2v) is 5.20. The largest absolute Gasteiger partial charge is 0.370 e. The van der Waals surface area contributed by atoms with E-state index >= 15 is 0 Å². The summed E-state index contributed by atoms with van der Waals surface area (Å²) >= 11 is 0. The van der Waals surface area contributed by atoms with Gasteiger partial charge in [-0.05, 0) is 30.4 Å². The van der Waals surface area contributed by atoms with Gasteiger partial charge in [0.25, 0.3) is 0 Å². The Bertz CT molecular complexity index is 402. The summed E-state index contributed by atoms with van der Waals surface area (Å²) < 4.78 is 0. The fourth-order valence-electron chi connectivity index (χ4n) is 2.58. The minimum Gasteiger partial charge on any atom is -0.370 e. The second kappa shape index (κ2) is 5.85. The molecule has 98 valence electrons. The maximum atomic E-state index is 10.9. The summed E-state index contributed by atoms with van der Waals surface area (Å²) in [4.78, 5) is 15.1. The van der Waals surface area contributed by atoms with E-state index in [9.17, 15) is 4.79 Å². The van der Waals surface area contributed by atoms with Gasteiger partial charge in [-0.25, -0.2) is 4.98 Å². The number of hydrogen-bond donors (Lipinski definition) is 2. The summed E-state index contributed by atoms with van der Waals surface area (Å²) in [5.41, 5.74) is 5.62. The highest BCUT2D eigenvalue weighted by Crippen LogP contribution is 2.29. The van der Waals surface area contributed by atoms with Crippen molar-refractivity contribution >= 4 is 11.7 Å². The number of carbonyl (C=O) groups excluding carboxylic acids is 1. The topological polar surface area (TPSA) is 68.0 Å². The lowest BCUT2D eigenvalue weighted by Crippen LogP contribution is -2.24. The number of carbonyl (C=O) groups is 1. The lowest BCUT2D eigenvalue weighted by Gasteiger charge is -2.28. The molecule has 1 aliphatic rings. The normalized spacial score (nSPS) is 23.6. The monoisotopic (exact) mass is 247 g/mol. The second-order valence-electron chi connectivity index (χ2n) is 5.20. The van der Waals surface area contributed by atoms with Gasteiger partial charge in [-0.3, -0.25) is 4.79 Å². The smallest absolute Gasteiger partial charge is 0.250 e. The molecule has 0 saturated heterocycles. The standard InChI is InChI=1S/C14H21N3O/c1-10-4-2-3-5-11(10)8-16-13-7-6-12(9-17-13)14(15)18/h6-7,9-11H,2-5,8H2,1H3,(H2,15,18)(H,16,17). The van der Waals surface area contributed by atoms with Gasteiger partial charge < -0.3 is 11.1 Å². The third kappa shape index (κ3) is 3.22. The number of amides is 1. The van der Waals surface area contributed by atoms with Crippen LogP contribution in [0.25, 0.3) is 0 Å². The summed E-state index contributed by atoms with van der Waals surface area (Å²) in [5.74, 6) is 1.90. The highest BCUT2D eigenvalue weighted by Gasteiger charge is 2.20. The van der Waals surface area contributed by atoms with Crippen LogP contribution in [-0.2, 0) is 0 Å². The predicted molar refractivity (Wildman–Crippen MR) is 72.4 cm³/mol. The molecule has 1 amide bonds. The van der Waals surface area contributed by atoms with Crippen molar-refractivity contribution in [2.75, 3.05) is 11.9 Å². The van der Waals surface area contributed by atoms with Crippen molar-refractivity contribution in [3.8, 4) is 0 Å². The molecule has 2 unspecified atom stereocenters. The molecule has 0 bridgehead atoms. The van der Waals surface area contributed by atoms with Gasteiger partial charge in [-0.1, -0.05) is 26.2 Å². The number of anilines is 1. The number of aromatic nitrogens is 1. The Morgan fingerprint density at radius 1 is 1.44 bits per heavy atom. The molecule has 4 nitrogen and oxygen atoms in total. The van der Waals surface area contributed by atoms with Gasteiger partial charge in [0.1, 0.15) is 5.82 Å². The van der Waals surface area contributed by atoms with E-state index in [0.29, 0.717) is 5.56 Å². The molecule has 18 heavy (non-hydrogen) atoms. The van der Waals surface area contributed by atoms with Gasteiger partial charge >= 0.3 is 0 Å². The van der Waals surface area contributed by atoms with Gasteiger partial charge in [-0.15, -0.1) is 0 Å². The molecule has 1 heterocycles. The van der Waals surface area contributed by atoms with Crippen LogP contribution >= 0.6 is 0 Å². The fraction of sp³-hybridized carbons (Fsp3) is 0.571. The first-order chi connectivity index (χ1) is 8.66. The molecule has 0 aliphatic heterocycles. The van der Waals surface area contributed by atoms with Gasteiger partial charge in [0.15, 0.2) is 0 Å². The minimum atomic E-state index is -0.435. The zero-order valence-corrected chi connectivity index (χ0v) is 10.9. The van der Waals surface area contributed by atoms with Crippen molar-refractivity contribution in [1.82, 2.24) is 4.98 Å². The van der Waals surface area contributed by atoms with E-state index in [1.165, 1.54) is 31.9 Å². The van der Waals surface area contributed by atoms with E-state index in [1.807, 2.05) is 6.07 Å². The number of nitrogens with two attached hydrogens (primary N) is 1. The Morgan fingerprint density at radius 3 is 2.83 bits per heavy atom. The van der Waals surface area contributed by atoms with E-state index < -0.39 is 5.91 Å². The quantitative estimate of drug-likeness (QED) is 0.858. The summed E-state index contributed by atoms with van der Waals surface area (Å²) in [6, 6.07) is 3.52. The zero-order valence-electron chi connectivity index (χ0n) is 10.9. The van der Waals surface area contributed by atoms with Crippen molar-refractivity contribution in [3.05, 3.63) is 23.9 Å². The maximum absolute atomic E-state index is 10.9. The van der Waals surface area contributed by atoms with Crippen molar-refractivity contribution < 1.29 is 4.79 Å². The van der Waals surface area contributed by atoms with Crippen LogP contribution in [0, 0.1) is 11.8 Å². The Morgan fingerprint density at radius 2 is 2.22 bits per heavy atom. The van der Waals surface area contributed by atoms with E-state index in [0.717, 1.165) is 24.2 Å². The molecule has 1 aromatic heterocycles. The van der Waals surface area contributed by atoms with Gasteiger partial charge in [0.2, 0.25) is 5.91 Å². The fourth-order valence-corrected chi connectivity index (χ4v) is 2.58. The number of primary amides is 1. The predicted octanol–water partition coefficient (Wildman–Crippen LogP) is 2.42. The Balaban J connectivity index is 1.87. The van der Waals surface area contributed by atoms with Crippen LogP contribution in [-0.4, -0.2) is 17.4 Å². The third-order valence-electron chi connectivity index (χ3n) is 3.88. The highest BCUT2D eigenvalue weighted by molar-refractivity contribution is 5.92.